The third-order valence-electron chi connectivity index (χ3n) is 6.63. The van der Waals surface area contributed by atoms with E-state index in [0.29, 0.717) is 41.9 Å². The molecule has 1 amide bonds. The van der Waals surface area contributed by atoms with Gasteiger partial charge in [0.1, 0.15) is 23.1 Å². The van der Waals surface area contributed by atoms with Crippen LogP contribution in [0.5, 0.6) is 11.6 Å². The van der Waals surface area contributed by atoms with E-state index in [4.69, 9.17) is 14.5 Å². The summed E-state index contributed by atoms with van der Waals surface area (Å²) in [6.45, 7) is 11.2. The van der Waals surface area contributed by atoms with Crippen molar-refractivity contribution in [2.45, 2.75) is 46.6 Å². The van der Waals surface area contributed by atoms with E-state index in [1.165, 1.54) is 43.6 Å². The highest BCUT2D eigenvalue weighted by Crippen LogP contribution is 2.38. The Bertz CT molecular complexity index is 1530. The number of nitrogens with one attached hydrogen (secondary N) is 2. The Morgan fingerprint density at radius 3 is 2.63 bits per heavy atom. The van der Waals surface area contributed by atoms with Gasteiger partial charge in [-0.15, -0.1) is 0 Å². The summed E-state index contributed by atoms with van der Waals surface area (Å²) < 4.78 is 55.6. The van der Waals surface area contributed by atoms with Crippen molar-refractivity contribution in [1.82, 2.24) is 14.7 Å². The lowest BCUT2D eigenvalue weighted by molar-refractivity contribution is 0.0981. The summed E-state index contributed by atoms with van der Waals surface area (Å²) in [6.07, 6.45) is 2.29. The molecule has 2 N–H and O–H groups in total. The van der Waals surface area contributed by atoms with Crippen LogP contribution in [0.3, 0.4) is 0 Å². The zero-order valence-electron chi connectivity index (χ0n) is 24.1. The summed E-state index contributed by atoms with van der Waals surface area (Å²) in [5.41, 5.74) is 0.655. The number of anilines is 2. The van der Waals surface area contributed by atoms with Crippen molar-refractivity contribution >= 4 is 27.6 Å². The lowest BCUT2D eigenvalue weighted by atomic mass is 9.97. The number of carbonyl (C=O) groups is 1. The number of ether oxygens (including phenoxy) is 2. The summed E-state index contributed by atoms with van der Waals surface area (Å²) in [4.78, 5) is 24.2. The molecule has 1 aromatic carbocycles. The molecule has 1 atom stereocenters. The van der Waals surface area contributed by atoms with E-state index in [9.17, 15) is 17.6 Å². The minimum absolute atomic E-state index is 0.0525. The lowest BCUT2D eigenvalue weighted by Crippen LogP contribution is -2.41. The van der Waals surface area contributed by atoms with E-state index in [1.807, 2.05) is 32.6 Å². The van der Waals surface area contributed by atoms with Crippen LogP contribution in [0.1, 0.15) is 51.4 Å². The van der Waals surface area contributed by atoms with Gasteiger partial charge in [-0.3, -0.25) is 9.52 Å². The Morgan fingerprint density at radius 1 is 1.22 bits per heavy atom. The minimum Gasteiger partial charge on any atom is -0.493 e. The average Bonchev–Trinajstić information content (AvgIpc) is 3.17. The molecule has 0 unspecified atom stereocenters. The molecule has 0 bridgehead atoms. The third kappa shape index (κ3) is 7.24. The molecule has 1 aliphatic rings. The molecule has 0 saturated carbocycles. The van der Waals surface area contributed by atoms with Gasteiger partial charge in [0.15, 0.2) is 0 Å². The van der Waals surface area contributed by atoms with Crippen molar-refractivity contribution in [2.75, 3.05) is 29.9 Å². The number of pyridine rings is 2. The largest absolute Gasteiger partial charge is 0.493 e. The molecule has 220 valence electrons. The average molecular weight is 586 g/mol. The first-order valence-corrected chi connectivity index (χ1v) is 14.8. The van der Waals surface area contributed by atoms with Gasteiger partial charge in [-0.2, -0.15) is 8.42 Å². The number of nitrogens with zero attached hydrogens (tertiary/aromatic N) is 3. The predicted octanol–water partition coefficient (Wildman–Crippen LogP) is 5.04. The van der Waals surface area contributed by atoms with Gasteiger partial charge in [0.2, 0.25) is 5.88 Å². The molecule has 1 fully saturated rings. The predicted molar refractivity (Wildman–Crippen MR) is 156 cm³/mol. The van der Waals surface area contributed by atoms with Crippen LogP contribution in [0.25, 0.3) is 11.3 Å². The van der Waals surface area contributed by atoms with Crippen molar-refractivity contribution in [2.24, 2.45) is 11.8 Å². The van der Waals surface area contributed by atoms with Gasteiger partial charge in [0, 0.05) is 29.9 Å². The van der Waals surface area contributed by atoms with Gasteiger partial charge in [0.05, 0.1) is 25.0 Å². The first-order chi connectivity index (χ1) is 19.3. The number of hydrogen-bond acceptors (Lipinski definition) is 8. The molecule has 3 heterocycles. The maximum Gasteiger partial charge on any atom is 0.324 e. The fourth-order valence-corrected chi connectivity index (χ4v) is 5.84. The molecule has 0 spiro atoms. The number of methoxy groups -OCH3 is 1. The number of hydrogen-bond donors (Lipinski definition) is 2. The zero-order valence-corrected chi connectivity index (χ0v) is 24.9. The molecule has 1 saturated heterocycles. The summed E-state index contributed by atoms with van der Waals surface area (Å²) in [5, 5.41) is 0. The number of carbonyl (C=O) groups excluding carboxylic acids is 1. The molecule has 41 heavy (non-hydrogen) atoms. The second-order valence-corrected chi connectivity index (χ2v) is 12.7. The third-order valence-corrected chi connectivity index (χ3v) is 7.58. The maximum atomic E-state index is 14.6. The van der Waals surface area contributed by atoms with Gasteiger partial charge in [-0.05, 0) is 68.5 Å². The maximum absolute atomic E-state index is 14.6. The number of amides is 1. The van der Waals surface area contributed by atoms with Crippen molar-refractivity contribution in [3.63, 3.8) is 0 Å². The van der Waals surface area contributed by atoms with Gasteiger partial charge in [-0.25, -0.2) is 19.1 Å². The Balaban J connectivity index is 1.72. The van der Waals surface area contributed by atoms with Crippen LogP contribution in [0.15, 0.2) is 48.7 Å². The summed E-state index contributed by atoms with van der Waals surface area (Å²) >= 11 is 0. The fraction of sp³-hybridized carbons (Fsp3) is 0.414. The molecular weight excluding hydrogens is 549 g/mol. The number of halogens is 1. The van der Waals surface area contributed by atoms with Crippen molar-refractivity contribution in [3.05, 3.63) is 60.0 Å². The number of benzene rings is 1. The molecule has 0 radical (unpaired) electrons. The van der Waals surface area contributed by atoms with Crippen LogP contribution in [0, 0.1) is 17.7 Å². The van der Waals surface area contributed by atoms with Gasteiger partial charge in [-0.1, -0.05) is 20.8 Å². The highest BCUT2D eigenvalue weighted by Gasteiger charge is 2.39. The molecule has 12 heteroatoms. The topological polar surface area (TPSA) is 123 Å². The monoisotopic (exact) mass is 585 g/mol. The Labute approximate surface area is 240 Å². The smallest absolute Gasteiger partial charge is 0.324 e. The summed E-state index contributed by atoms with van der Waals surface area (Å²) in [5.74, 6) is -0.0609. The highest BCUT2D eigenvalue weighted by molar-refractivity contribution is 7.91. The van der Waals surface area contributed by atoms with Gasteiger partial charge < -0.3 is 14.4 Å². The van der Waals surface area contributed by atoms with E-state index in [0.717, 1.165) is 6.42 Å². The normalized spacial score (nSPS) is 16.5. The lowest BCUT2D eigenvalue weighted by Gasteiger charge is -2.34. The molecule has 0 aliphatic carbocycles. The van der Waals surface area contributed by atoms with Crippen LogP contribution in [-0.4, -0.2) is 50.1 Å². The van der Waals surface area contributed by atoms with Crippen molar-refractivity contribution < 1.29 is 27.1 Å². The first kappa shape index (κ1) is 30.0. The van der Waals surface area contributed by atoms with E-state index >= 15 is 0 Å². The minimum atomic E-state index is -4.36. The van der Waals surface area contributed by atoms with Gasteiger partial charge >= 0.3 is 10.2 Å². The van der Waals surface area contributed by atoms with Gasteiger partial charge in [0.25, 0.3) is 5.91 Å². The van der Waals surface area contributed by atoms with E-state index in [1.54, 1.807) is 12.1 Å². The van der Waals surface area contributed by atoms with Crippen molar-refractivity contribution in [1.29, 1.82) is 0 Å². The molecule has 10 nitrogen and oxygen atoms in total. The summed E-state index contributed by atoms with van der Waals surface area (Å²) in [6, 6.07) is 10.4. The first-order valence-electron chi connectivity index (χ1n) is 13.3. The Morgan fingerprint density at radius 2 is 1.98 bits per heavy atom. The Hall–Kier alpha value is -3.93. The molecule has 3 aromatic rings. The van der Waals surface area contributed by atoms with Crippen LogP contribution >= 0.6 is 0 Å². The molecule has 4 rings (SSSR count). The second kappa shape index (κ2) is 11.9. The van der Waals surface area contributed by atoms with E-state index in [2.05, 4.69) is 21.4 Å². The number of aromatic nitrogens is 2. The molecular formula is C29H36FN5O5S. The van der Waals surface area contributed by atoms with Crippen LogP contribution < -0.4 is 23.8 Å². The second-order valence-electron chi connectivity index (χ2n) is 11.3. The van der Waals surface area contributed by atoms with Crippen molar-refractivity contribution in [3.8, 4) is 22.9 Å². The van der Waals surface area contributed by atoms with E-state index < -0.39 is 21.9 Å². The number of rotatable bonds is 10. The highest BCUT2D eigenvalue weighted by atomic mass is 32.2. The van der Waals surface area contributed by atoms with Crippen LogP contribution in [-0.2, 0) is 10.2 Å². The Kier molecular flexibility index (Phi) is 8.71. The zero-order chi connectivity index (χ0) is 29.9. The fourth-order valence-electron chi connectivity index (χ4n) is 4.99. The SMILES string of the molecule is COc1ncccc1NS(=O)(=O)NC(=O)c1ccc(-c2cc(F)cc(OCC(C)C)c2)nc1N1C[C@@H](C)CC1(C)C. The summed E-state index contributed by atoms with van der Waals surface area (Å²) in [7, 11) is -3.01. The molecule has 2 aromatic heterocycles. The standard InChI is InChI=1S/C29H36FN5O5S/c1-18(2)17-40-22-13-20(12-21(30)14-22)24-10-9-23(26(32-24)35-16-19(3)15-29(35,4)5)27(36)34-41(37,38)33-25-8-7-11-31-28(25)39-6/h7-14,18-19,33H,15-17H2,1-6H3,(H,34,36)/t19-/m0/s1. The quantitative estimate of drug-likeness (QED) is 0.339. The molecule has 1 aliphatic heterocycles. The van der Waals surface area contributed by atoms with Crippen LogP contribution in [0.4, 0.5) is 15.9 Å². The van der Waals surface area contributed by atoms with E-state index in [-0.39, 0.29) is 28.6 Å². The van der Waals surface area contributed by atoms with Crippen LogP contribution in [0.2, 0.25) is 0 Å².